The molecule has 1 atom stereocenters. The van der Waals surface area contributed by atoms with Crippen molar-refractivity contribution in [1.29, 1.82) is 0 Å². The lowest BCUT2D eigenvalue weighted by molar-refractivity contribution is 0.100. The van der Waals surface area contributed by atoms with Gasteiger partial charge >= 0.3 is 0 Å². The number of primary amides is 1. The third kappa shape index (κ3) is 3.50. The van der Waals surface area contributed by atoms with Gasteiger partial charge in [0.25, 0.3) is 0 Å². The van der Waals surface area contributed by atoms with Crippen molar-refractivity contribution in [2.75, 3.05) is 24.5 Å². The maximum Gasteiger partial charge on any atom is 0.250 e. The Morgan fingerprint density at radius 1 is 1.38 bits per heavy atom. The fourth-order valence-corrected chi connectivity index (χ4v) is 3.36. The molecule has 1 amide bonds. The van der Waals surface area contributed by atoms with Gasteiger partial charge in [-0.15, -0.1) is 0 Å². The molecule has 1 saturated heterocycles. The summed E-state index contributed by atoms with van der Waals surface area (Å²) in [4.78, 5) is 13.7. The molecule has 1 aromatic carbocycles. The van der Waals surface area contributed by atoms with E-state index in [4.69, 9.17) is 17.3 Å². The van der Waals surface area contributed by atoms with Crippen molar-refractivity contribution in [3.05, 3.63) is 28.8 Å². The van der Waals surface area contributed by atoms with E-state index in [-0.39, 0.29) is 0 Å². The number of carbonyl (C=O) groups is 1. The maximum atomic E-state index is 11.3. The van der Waals surface area contributed by atoms with E-state index in [9.17, 15) is 4.79 Å². The monoisotopic (exact) mass is 307 g/mol. The number of nitrogens with two attached hydrogens (primary N) is 1. The predicted molar refractivity (Wildman–Crippen MR) is 85.9 cm³/mol. The Labute approximate surface area is 130 Å². The number of anilines is 1. The van der Waals surface area contributed by atoms with Crippen LogP contribution in [0.3, 0.4) is 0 Å². The number of halogens is 1. The lowest BCUT2D eigenvalue weighted by atomic mass is 9.98. The third-order valence-electron chi connectivity index (χ3n) is 4.39. The lowest BCUT2D eigenvalue weighted by Crippen LogP contribution is -2.39. The van der Waals surface area contributed by atoms with Crippen molar-refractivity contribution in [2.24, 2.45) is 11.7 Å². The molecule has 0 bridgehead atoms. The number of carbonyl (C=O) groups excluding carboxylic acids is 1. The standard InChI is InChI=1S/C16H22ClN3O/c17-15-8-13(5-6-14(15)16(18)21)20(12-3-4-12)10-11-2-1-7-19-9-11/h5-6,8,11-12,19H,1-4,7,9-10H2,(H2,18,21). The van der Waals surface area contributed by atoms with Crippen LogP contribution < -0.4 is 16.0 Å². The summed E-state index contributed by atoms with van der Waals surface area (Å²) in [6.45, 7) is 3.29. The molecule has 0 spiro atoms. The van der Waals surface area contributed by atoms with Gasteiger partial charge in [-0.05, 0) is 62.9 Å². The van der Waals surface area contributed by atoms with E-state index in [1.54, 1.807) is 6.07 Å². The van der Waals surface area contributed by atoms with Gasteiger partial charge in [-0.1, -0.05) is 11.6 Å². The second-order valence-electron chi connectivity index (χ2n) is 6.12. The van der Waals surface area contributed by atoms with Crippen LogP contribution in [0.5, 0.6) is 0 Å². The zero-order chi connectivity index (χ0) is 14.8. The summed E-state index contributed by atoms with van der Waals surface area (Å²) < 4.78 is 0. The lowest BCUT2D eigenvalue weighted by Gasteiger charge is -2.32. The first-order valence-corrected chi connectivity index (χ1v) is 8.09. The van der Waals surface area contributed by atoms with E-state index in [1.807, 2.05) is 12.1 Å². The molecular weight excluding hydrogens is 286 g/mol. The van der Waals surface area contributed by atoms with Crippen molar-refractivity contribution >= 4 is 23.2 Å². The Bertz CT molecular complexity index is 524. The van der Waals surface area contributed by atoms with Gasteiger partial charge in [0.05, 0.1) is 10.6 Å². The van der Waals surface area contributed by atoms with Gasteiger partial charge in [0.15, 0.2) is 0 Å². The number of piperidine rings is 1. The Kier molecular flexibility index (Phi) is 4.36. The summed E-state index contributed by atoms with van der Waals surface area (Å²) >= 11 is 6.20. The van der Waals surface area contributed by atoms with Gasteiger partial charge in [-0.25, -0.2) is 0 Å². The fraction of sp³-hybridized carbons (Fsp3) is 0.562. The number of nitrogens with zero attached hydrogens (tertiary/aromatic N) is 1. The molecule has 5 heteroatoms. The van der Waals surface area contributed by atoms with Crippen molar-refractivity contribution in [3.8, 4) is 0 Å². The molecule has 1 aliphatic carbocycles. The van der Waals surface area contributed by atoms with Crippen LogP contribution in [-0.2, 0) is 0 Å². The minimum absolute atomic E-state index is 0.399. The summed E-state index contributed by atoms with van der Waals surface area (Å²) in [6.07, 6.45) is 5.03. The zero-order valence-corrected chi connectivity index (χ0v) is 12.9. The Morgan fingerprint density at radius 3 is 2.76 bits per heavy atom. The number of hydrogen-bond donors (Lipinski definition) is 2. The molecule has 4 nitrogen and oxygen atoms in total. The molecule has 21 heavy (non-hydrogen) atoms. The van der Waals surface area contributed by atoms with Crippen molar-refractivity contribution in [1.82, 2.24) is 5.32 Å². The van der Waals surface area contributed by atoms with E-state index in [2.05, 4.69) is 10.2 Å². The summed E-state index contributed by atoms with van der Waals surface area (Å²) in [7, 11) is 0. The van der Waals surface area contributed by atoms with E-state index in [0.717, 1.165) is 25.3 Å². The minimum Gasteiger partial charge on any atom is -0.368 e. The van der Waals surface area contributed by atoms with Gasteiger partial charge in [0, 0.05) is 18.3 Å². The third-order valence-corrected chi connectivity index (χ3v) is 4.70. The quantitative estimate of drug-likeness (QED) is 0.878. The molecule has 1 heterocycles. The average molecular weight is 308 g/mol. The van der Waals surface area contributed by atoms with E-state index in [1.165, 1.54) is 25.7 Å². The maximum absolute atomic E-state index is 11.3. The summed E-state index contributed by atoms with van der Waals surface area (Å²) in [5, 5.41) is 3.92. The normalized spacial score (nSPS) is 22.0. The van der Waals surface area contributed by atoms with Gasteiger partial charge in [0.2, 0.25) is 5.91 Å². The largest absolute Gasteiger partial charge is 0.368 e. The van der Waals surface area contributed by atoms with Crippen LogP contribution >= 0.6 is 11.6 Å². The van der Waals surface area contributed by atoms with Crippen LogP contribution in [0.15, 0.2) is 18.2 Å². The highest BCUT2D eigenvalue weighted by atomic mass is 35.5. The molecule has 1 unspecified atom stereocenters. The SMILES string of the molecule is NC(=O)c1ccc(N(CC2CCCNC2)C2CC2)cc1Cl. The first-order valence-electron chi connectivity index (χ1n) is 7.72. The van der Waals surface area contributed by atoms with Crippen LogP contribution in [0.25, 0.3) is 0 Å². The minimum atomic E-state index is -0.471. The van der Waals surface area contributed by atoms with Crippen LogP contribution in [0.2, 0.25) is 5.02 Å². The molecule has 2 fully saturated rings. The molecule has 3 rings (SSSR count). The zero-order valence-electron chi connectivity index (χ0n) is 12.1. The highest BCUT2D eigenvalue weighted by Gasteiger charge is 2.31. The Hall–Kier alpha value is -1.26. The summed E-state index contributed by atoms with van der Waals surface area (Å²) in [6, 6.07) is 6.23. The Morgan fingerprint density at radius 2 is 2.19 bits per heavy atom. The Balaban J connectivity index is 1.77. The van der Waals surface area contributed by atoms with Gasteiger partial charge in [-0.3, -0.25) is 4.79 Å². The molecule has 0 aromatic heterocycles. The molecule has 114 valence electrons. The number of hydrogen-bond acceptors (Lipinski definition) is 3. The molecular formula is C16H22ClN3O. The van der Waals surface area contributed by atoms with Gasteiger partial charge < -0.3 is 16.0 Å². The molecule has 1 aromatic rings. The van der Waals surface area contributed by atoms with Crippen LogP contribution in [0.4, 0.5) is 5.69 Å². The van der Waals surface area contributed by atoms with Crippen LogP contribution in [-0.4, -0.2) is 31.6 Å². The second kappa shape index (κ2) is 6.24. The van der Waals surface area contributed by atoms with Crippen molar-refractivity contribution < 1.29 is 4.79 Å². The predicted octanol–water partition coefficient (Wildman–Crippen LogP) is 2.41. The smallest absolute Gasteiger partial charge is 0.250 e. The molecule has 3 N–H and O–H groups in total. The van der Waals surface area contributed by atoms with Crippen molar-refractivity contribution in [3.63, 3.8) is 0 Å². The van der Waals surface area contributed by atoms with Crippen LogP contribution in [0, 0.1) is 5.92 Å². The van der Waals surface area contributed by atoms with Gasteiger partial charge in [-0.2, -0.15) is 0 Å². The van der Waals surface area contributed by atoms with Crippen LogP contribution in [0.1, 0.15) is 36.0 Å². The topological polar surface area (TPSA) is 58.4 Å². The van der Waals surface area contributed by atoms with E-state index >= 15 is 0 Å². The molecule has 1 aliphatic heterocycles. The number of benzene rings is 1. The molecule has 0 radical (unpaired) electrons. The fourth-order valence-electron chi connectivity index (χ4n) is 3.09. The first-order chi connectivity index (χ1) is 10.1. The molecule has 1 saturated carbocycles. The first kappa shape index (κ1) is 14.7. The molecule has 2 aliphatic rings. The summed E-state index contributed by atoms with van der Waals surface area (Å²) in [5.41, 5.74) is 6.83. The van der Waals surface area contributed by atoms with Gasteiger partial charge in [0.1, 0.15) is 0 Å². The van der Waals surface area contributed by atoms with E-state index in [0.29, 0.717) is 22.5 Å². The highest BCUT2D eigenvalue weighted by molar-refractivity contribution is 6.34. The summed E-state index contributed by atoms with van der Waals surface area (Å²) in [5.74, 6) is 0.218. The number of rotatable bonds is 5. The average Bonchev–Trinajstić information content (AvgIpc) is 3.30. The second-order valence-corrected chi connectivity index (χ2v) is 6.53. The highest BCUT2D eigenvalue weighted by Crippen LogP contribution is 2.34. The van der Waals surface area contributed by atoms with Crippen molar-refractivity contribution in [2.45, 2.75) is 31.7 Å². The number of amides is 1. The number of nitrogens with one attached hydrogen (secondary N) is 1. The van der Waals surface area contributed by atoms with E-state index < -0.39 is 5.91 Å².